The highest BCUT2D eigenvalue weighted by Gasteiger charge is 2.15. The minimum absolute atomic E-state index is 0.0423. The highest BCUT2D eigenvalue weighted by atomic mass is 32.1. The van der Waals surface area contributed by atoms with Crippen LogP contribution in [0.1, 0.15) is 17.5 Å². The number of ether oxygens (including phenoxy) is 1. The Morgan fingerprint density at radius 2 is 2.11 bits per heavy atom. The largest absolute Gasteiger partial charge is 0.495 e. The second-order valence-electron chi connectivity index (χ2n) is 4.11. The van der Waals surface area contributed by atoms with Crippen LogP contribution in [0.25, 0.3) is 0 Å². The summed E-state index contributed by atoms with van der Waals surface area (Å²) in [5, 5.41) is 10.2. The van der Waals surface area contributed by atoms with Crippen molar-refractivity contribution in [2.45, 2.75) is 20.0 Å². The number of methoxy groups -OCH3 is 1. The summed E-state index contributed by atoms with van der Waals surface area (Å²) in [7, 11) is 3.61. The number of aliphatic hydroxyl groups is 1. The van der Waals surface area contributed by atoms with E-state index in [1.807, 2.05) is 43.1 Å². The lowest BCUT2D eigenvalue weighted by Gasteiger charge is -2.18. The average Bonchev–Trinajstić information content (AvgIpc) is 2.89. The summed E-state index contributed by atoms with van der Waals surface area (Å²) in [6.45, 7) is 2.09. The summed E-state index contributed by atoms with van der Waals surface area (Å²) in [5.41, 5.74) is 1.93. The van der Waals surface area contributed by atoms with Crippen molar-refractivity contribution >= 4 is 22.2 Å². The number of aliphatic hydroxyl groups excluding tert-OH is 1. The molecule has 0 spiro atoms. The van der Waals surface area contributed by atoms with Crippen LogP contribution in [0.2, 0.25) is 0 Å². The van der Waals surface area contributed by atoms with Crippen LogP contribution in [0.15, 0.2) is 24.3 Å². The predicted molar refractivity (Wildman–Crippen MR) is 78.5 cm³/mol. The highest BCUT2D eigenvalue weighted by Crippen LogP contribution is 2.35. The van der Waals surface area contributed by atoms with Gasteiger partial charge in [0, 0.05) is 7.05 Å². The number of benzene rings is 1. The normalized spacial score (nSPS) is 10.5. The van der Waals surface area contributed by atoms with Gasteiger partial charge < -0.3 is 14.7 Å². The molecule has 0 saturated heterocycles. The van der Waals surface area contributed by atoms with E-state index in [0.29, 0.717) is 0 Å². The van der Waals surface area contributed by atoms with Crippen LogP contribution in [0.5, 0.6) is 5.75 Å². The first-order valence-corrected chi connectivity index (χ1v) is 6.99. The Kier molecular flexibility index (Phi) is 4.39. The second-order valence-corrected chi connectivity index (χ2v) is 5.17. The average molecular weight is 278 g/mol. The Balaban J connectivity index is 2.38. The van der Waals surface area contributed by atoms with Crippen molar-refractivity contribution in [3.8, 4) is 5.75 Å². The van der Waals surface area contributed by atoms with Crippen molar-refractivity contribution < 1.29 is 9.84 Å². The molecule has 4 nitrogen and oxygen atoms in total. The Hall–Kier alpha value is -1.59. The summed E-state index contributed by atoms with van der Waals surface area (Å²) in [6, 6.07) is 7.82. The van der Waals surface area contributed by atoms with Crippen molar-refractivity contribution in [2.24, 2.45) is 0 Å². The number of hydrogen-bond donors (Lipinski definition) is 1. The fraction of sp³-hybridized carbons (Fsp3) is 0.357. The van der Waals surface area contributed by atoms with E-state index in [2.05, 4.69) is 4.98 Å². The topological polar surface area (TPSA) is 45.6 Å². The first kappa shape index (κ1) is 13.8. The lowest BCUT2D eigenvalue weighted by atomic mass is 10.3. The summed E-state index contributed by atoms with van der Waals surface area (Å²) in [4.78, 5) is 7.50. The molecule has 0 radical (unpaired) electrons. The van der Waals surface area contributed by atoms with Crippen molar-refractivity contribution in [2.75, 3.05) is 19.1 Å². The molecule has 5 heteroatoms. The molecule has 19 heavy (non-hydrogen) atoms. The zero-order valence-electron chi connectivity index (χ0n) is 11.4. The molecule has 0 bridgehead atoms. The molecule has 1 heterocycles. The molecule has 102 valence electrons. The number of nitrogens with zero attached hydrogens (tertiary/aromatic N) is 2. The van der Waals surface area contributed by atoms with Crippen LogP contribution in [0, 0.1) is 0 Å². The SMILES string of the molecule is CCc1nc(N(C)c2ccccc2OC)sc1CO. The van der Waals surface area contributed by atoms with Gasteiger partial charge in [-0.2, -0.15) is 0 Å². The Morgan fingerprint density at radius 1 is 1.37 bits per heavy atom. The zero-order chi connectivity index (χ0) is 13.8. The van der Waals surface area contributed by atoms with Crippen LogP contribution in [0.4, 0.5) is 10.8 Å². The third-order valence-electron chi connectivity index (χ3n) is 2.98. The number of aryl methyl sites for hydroxylation is 1. The van der Waals surface area contributed by atoms with Gasteiger partial charge in [0.1, 0.15) is 5.75 Å². The molecule has 0 atom stereocenters. The van der Waals surface area contributed by atoms with Crippen LogP contribution in [-0.4, -0.2) is 24.2 Å². The molecule has 1 aromatic carbocycles. The van der Waals surface area contributed by atoms with E-state index in [0.717, 1.165) is 33.6 Å². The molecule has 0 unspecified atom stereocenters. The maximum atomic E-state index is 9.34. The molecular formula is C14H18N2O2S. The molecule has 2 aromatic rings. The Labute approximate surface area is 117 Å². The van der Waals surface area contributed by atoms with Gasteiger partial charge >= 0.3 is 0 Å². The van der Waals surface area contributed by atoms with Gasteiger partial charge in [-0.1, -0.05) is 30.4 Å². The van der Waals surface area contributed by atoms with Gasteiger partial charge in [0.2, 0.25) is 0 Å². The first-order valence-electron chi connectivity index (χ1n) is 6.17. The third kappa shape index (κ3) is 2.72. The molecule has 2 rings (SSSR count). The fourth-order valence-electron chi connectivity index (χ4n) is 1.92. The lowest BCUT2D eigenvalue weighted by Crippen LogP contribution is -2.10. The summed E-state index contributed by atoms with van der Waals surface area (Å²) >= 11 is 1.52. The number of anilines is 2. The van der Waals surface area contributed by atoms with E-state index in [4.69, 9.17) is 4.74 Å². The molecule has 1 aromatic heterocycles. The molecule has 1 N–H and O–H groups in total. The van der Waals surface area contributed by atoms with Crippen molar-refractivity contribution in [3.63, 3.8) is 0 Å². The monoisotopic (exact) mass is 278 g/mol. The highest BCUT2D eigenvalue weighted by molar-refractivity contribution is 7.15. The summed E-state index contributed by atoms with van der Waals surface area (Å²) in [5.74, 6) is 0.809. The molecular weight excluding hydrogens is 260 g/mol. The van der Waals surface area contributed by atoms with Gasteiger partial charge in [0.15, 0.2) is 5.13 Å². The van der Waals surface area contributed by atoms with Crippen molar-refractivity contribution in [1.29, 1.82) is 0 Å². The van der Waals surface area contributed by atoms with E-state index >= 15 is 0 Å². The molecule has 0 aliphatic heterocycles. The zero-order valence-corrected chi connectivity index (χ0v) is 12.2. The molecule has 0 aliphatic carbocycles. The number of hydrogen-bond acceptors (Lipinski definition) is 5. The van der Waals surface area contributed by atoms with E-state index in [-0.39, 0.29) is 6.61 Å². The van der Waals surface area contributed by atoms with E-state index in [1.54, 1.807) is 7.11 Å². The first-order chi connectivity index (χ1) is 9.21. The quantitative estimate of drug-likeness (QED) is 0.913. The van der Waals surface area contributed by atoms with Crippen molar-refractivity contribution in [1.82, 2.24) is 4.98 Å². The second kappa shape index (κ2) is 6.04. The minimum Gasteiger partial charge on any atom is -0.495 e. The standard InChI is InChI=1S/C14H18N2O2S/c1-4-10-13(9-17)19-14(15-10)16(2)11-7-5-6-8-12(11)18-3/h5-8,17H,4,9H2,1-3H3. The summed E-state index contributed by atoms with van der Waals surface area (Å²) < 4.78 is 5.36. The number of rotatable bonds is 5. The van der Waals surface area contributed by atoms with Gasteiger partial charge in [-0.15, -0.1) is 0 Å². The number of thiazole rings is 1. The number of para-hydroxylation sites is 2. The van der Waals surface area contributed by atoms with Crippen LogP contribution < -0.4 is 9.64 Å². The maximum Gasteiger partial charge on any atom is 0.190 e. The third-order valence-corrected chi connectivity index (χ3v) is 4.14. The van der Waals surface area contributed by atoms with Gasteiger partial charge in [-0.05, 0) is 18.6 Å². The van der Waals surface area contributed by atoms with Gasteiger partial charge in [-0.25, -0.2) is 4.98 Å². The summed E-state index contributed by atoms with van der Waals surface area (Å²) in [6.07, 6.45) is 0.826. The molecule has 0 fully saturated rings. The van der Waals surface area contributed by atoms with Gasteiger partial charge in [0.05, 0.1) is 30.0 Å². The van der Waals surface area contributed by atoms with Crippen LogP contribution in [0.3, 0.4) is 0 Å². The Bertz CT molecular complexity index is 533. The molecule has 0 amide bonds. The minimum atomic E-state index is 0.0423. The van der Waals surface area contributed by atoms with E-state index in [9.17, 15) is 5.11 Å². The van der Waals surface area contributed by atoms with E-state index < -0.39 is 0 Å². The smallest absolute Gasteiger partial charge is 0.190 e. The van der Waals surface area contributed by atoms with Gasteiger partial charge in [-0.3, -0.25) is 0 Å². The predicted octanol–water partition coefficient (Wildman–Crippen LogP) is 2.97. The maximum absolute atomic E-state index is 9.34. The molecule has 0 saturated carbocycles. The lowest BCUT2D eigenvalue weighted by molar-refractivity contribution is 0.284. The fourth-order valence-corrected chi connectivity index (χ4v) is 2.91. The Morgan fingerprint density at radius 3 is 2.68 bits per heavy atom. The van der Waals surface area contributed by atoms with Crippen LogP contribution >= 0.6 is 11.3 Å². The van der Waals surface area contributed by atoms with E-state index in [1.165, 1.54) is 11.3 Å². The molecule has 0 aliphatic rings. The number of aromatic nitrogens is 1. The van der Waals surface area contributed by atoms with Gasteiger partial charge in [0.25, 0.3) is 0 Å². The van der Waals surface area contributed by atoms with Crippen LogP contribution in [-0.2, 0) is 13.0 Å². The van der Waals surface area contributed by atoms with Crippen molar-refractivity contribution in [3.05, 3.63) is 34.8 Å².